The molecule has 2 N–H and O–H groups in total. The van der Waals surface area contributed by atoms with Crippen molar-refractivity contribution >= 4 is 15.7 Å². The highest BCUT2D eigenvalue weighted by molar-refractivity contribution is 7.90. The van der Waals surface area contributed by atoms with Gasteiger partial charge in [0.1, 0.15) is 9.84 Å². The molecule has 1 aromatic rings. The van der Waals surface area contributed by atoms with Crippen LogP contribution in [0.5, 0.6) is 0 Å². The number of carbonyl (C=O) groups is 1. The summed E-state index contributed by atoms with van der Waals surface area (Å²) >= 11 is 0. The molecule has 1 aromatic carbocycles. The second kappa shape index (κ2) is 7.93. The number of hydrogen-bond donors (Lipinski definition) is 1. The molecule has 5 nitrogen and oxygen atoms in total. The summed E-state index contributed by atoms with van der Waals surface area (Å²) in [4.78, 5) is 14.2. The molecule has 0 bridgehead atoms. The number of likely N-dealkylation sites (tertiary alicyclic amines) is 1. The molecular weight excluding hydrogens is 312 g/mol. The minimum Gasteiger partial charge on any atom is -0.341 e. The summed E-state index contributed by atoms with van der Waals surface area (Å²) in [6, 6.07) is 9.66. The summed E-state index contributed by atoms with van der Waals surface area (Å²) in [5.41, 5.74) is 7.22. The first-order chi connectivity index (χ1) is 10.9. The molecule has 1 fully saturated rings. The molecule has 1 heterocycles. The predicted octanol–water partition coefficient (Wildman–Crippen LogP) is 1.54. The number of amides is 1. The van der Waals surface area contributed by atoms with Gasteiger partial charge in [-0.3, -0.25) is 4.79 Å². The van der Waals surface area contributed by atoms with Crippen LogP contribution in [-0.4, -0.2) is 50.4 Å². The second-order valence-corrected chi connectivity index (χ2v) is 8.65. The topological polar surface area (TPSA) is 80.5 Å². The molecule has 0 aromatic heterocycles. The molecule has 1 amide bonds. The highest BCUT2D eigenvalue weighted by atomic mass is 32.2. The quantitative estimate of drug-likeness (QED) is 0.883. The molecule has 2 unspecified atom stereocenters. The van der Waals surface area contributed by atoms with Crippen LogP contribution in [0, 0.1) is 0 Å². The standard InChI is InChI=1S/C17H26N2O3S/c1-23(21,22)13-10-16(18)17(20)19-11-5-8-15(9-12-19)14-6-3-2-4-7-14/h2-4,6-7,15-16H,5,8-13,18H2,1H3. The molecule has 1 aliphatic rings. The summed E-state index contributed by atoms with van der Waals surface area (Å²) in [6.45, 7) is 1.39. The van der Waals surface area contributed by atoms with E-state index in [0.29, 0.717) is 19.0 Å². The lowest BCUT2D eigenvalue weighted by Gasteiger charge is -2.24. The van der Waals surface area contributed by atoms with Crippen molar-refractivity contribution in [3.8, 4) is 0 Å². The molecular formula is C17H26N2O3S. The second-order valence-electron chi connectivity index (χ2n) is 6.39. The van der Waals surface area contributed by atoms with Crippen LogP contribution < -0.4 is 5.73 Å². The van der Waals surface area contributed by atoms with Gasteiger partial charge in [-0.15, -0.1) is 0 Å². The zero-order valence-corrected chi connectivity index (χ0v) is 14.5. The van der Waals surface area contributed by atoms with Gasteiger partial charge in [-0.25, -0.2) is 8.42 Å². The van der Waals surface area contributed by atoms with E-state index in [1.54, 1.807) is 4.90 Å². The van der Waals surface area contributed by atoms with Gasteiger partial charge >= 0.3 is 0 Å². The van der Waals surface area contributed by atoms with E-state index >= 15 is 0 Å². The predicted molar refractivity (Wildman–Crippen MR) is 91.9 cm³/mol. The average Bonchev–Trinajstić information content (AvgIpc) is 2.78. The number of benzene rings is 1. The third-order valence-electron chi connectivity index (χ3n) is 4.43. The molecule has 0 saturated carbocycles. The highest BCUT2D eigenvalue weighted by Crippen LogP contribution is 2.28. The Morgan fingerprint density at radius 1 is 1.26 bits per heavy atom. The Morgan fingerprint density at radius 2 is 1.96 bits per heavy atom. The van der Waals surface area contributed by atoms with Crippen molar-refractivity contribution in [2.45, 2.75) is 37.6 Å². The van der Waals surface area contributed by atoms with Crippen molar-refractivity contribution in [3.05, 3.63) is 35.9 Å². The van der Waals surface area contributed by atoms with E-state index in [1.165, 1.54) is 11.8 Å². The Kier molecular flexibility index (Phi) is 6.18. The third kappa shape index (κ3) is 5.62. The van der Waals surface area contributed by atoms with Crippen molar-refractivity contribution in [1.29, 1.82) is 0 Å². The van der Waals surface area contributed by atoms with Crippen LogP contribution in [0.4, 0.5) is 0 Å². The van der Waals surface area contributed by atoms with Gasteiger partial charge in [-0.1, -0.05) is 30.3 Å². The fourth-order valence-corrected chi connectivity index (χ4v) is 3.76. The molecule has 0 aliphatic carbocycles. The maximum Gasteiger partial charge on any atom is 0.239 e. The molecule has 0 radical (unpaired) electrons. The molecule has 6 heteroatoms. The van der Waals surface area contributed by atoms with E-state index in [9.17, 15) is 13.2 Å². The smallest absolute Gasteiger partial charge is 0.239 e. The van der Waals surface area contributed by atoms with Crippen molar-refractivity contribution < 1.29 is 13.2 Å². The Balaban J connectivity index is 1.91. The van der Waals surface area contributed by atoms with E-state index in [0.717, 1.165) is 19.3 Å². The van der Waals surface area contributed by atoms with Crippen molar-refractivity contribution in [3.63, 3.8) is 0 Å². The van der Waals surface area contributed by atoms with Crippen LogP contribution in [0.25, 0.3) is 0 Å². The zero-order valence-electron chi connectivity index (χ0n) is 13.6. The Hall–Kier alpha value is -1.40. The first-order valence-electron chi connectivity index (χ1n) is 8.14. The van der Waals surface area contributed by atoms with Gasteiger partial charge < -0.3 is 10.6 Å². The number of sulfone groups is 1. The summed E-state index contributed by atoms with van der Waals surface area (Å²) in [5, 5.41) is 0. The molecule has 0 spiro atoms. The average molecular weight is 338 g/mol. The lowest BCUT2D eigenvalue weighted by molar-refractivity contribution is -0.132. The maximum absolute atomic E-state index is 12.4. The Morgan fingerprint density at radius 3 is 2.61 bits per heavy atom. The monoisotopic (exact) mass is 338 g/mol. The number of rotatable bonds is 5. The number of nitrogens with zero attached hydrogens (tertiary/aromatic N) is 1. The summed E-state index contributed by atoms with van der Waals surface area (Å²) in [6.07, 6.45) is 4.29. The maximum atomic E-state index is 12.4. The third-order valence-corrected chi connectivity index (χ3v) is 5.40. The number of nitrogens with two attached hydrogens (primary N) is 1. The molecule has 2 rings (SSSR count). The SMILES string of the molecule is CS(=O)(=O)CCC(N)C(=O)N1CCCC(c2ccccc2)CC1. The van der Waals surface area contributed by atoms with Gasteiger partial charge in [0.2, 0.25) is 5.91 Å². The van der Waals surface area contributed by atoms with Gasteiger partial charge in [-0.2, -0.15) is 0 Å². The number of carbonyl (C=O) groups excluding carboxylic acids is 1. The zero-order chi connectivity index (χ0) is 16.9. The van der Waals surface area contributed by atoms with Crippen LogP contribution in [0.1, 0.15) is 37.2 Å². The number of hydrogen-bond acceptors (Lipinski definition) is 4. The molecule has 2 atom stereocenters. The van der Waals surface area contributed by atoms with Crippen LogP contribution in [0.3, 0.4) is 0 Å². The van der Waals surface area contributed by atoms with E-state index < -0.39 is 15.9 Å². The summed E-state index contributed by atoms with van der Waals surface area (Å²) in [7, 11) is -3.09. The van der Waals surface area contributed by atoms with E-state index in [4.69, 9.17) is 5.73 Å². The van der Waals surface area contributed by atoms with E-state index in [-0.39, 0.29) is 18.1 Å². The van der Waals surface area contributed by atoms with Gasteiger partial charge in [0.05, 0.1) is 11.8 Å². The summed E-state index contributed by atoms with van der Waals surface area (Å²) < 4.78 is 22.4. The van der Waals surface area contributed by atoms with Crippen LogP contribution in [0.15, 0.2) is 30.3 Å². The van der Waals surface area contributed by atoms with Crippen molar-refractivity contribution in [1.82, 2.24) is 4.90 Å². The fourth-order valence-electron chi connectivity index (χ4n) is 3.07. The highest BCUT2D eigenvalue weighted by Gasteiger charge is 2.25. The van der Waals surface area contributed by atoms with E-state index in [1.807, 2.05) is 18.2 Å². The molecule has 128 valence electrons. The van der Waals surface area contributed by atoms with Gasteiger partial charge in [0.25, 0.3) is 0 Å². The lowest BCUT2D eigenvalue weighted by atomic mass is 9.92. The van der Waals surface area contributed by atoms with Gasteiger partial charge in [0.15, 0.2) is 0 Å². The minimum absolute atomic E-state index is 0.0413. The summed E-state index contributed by atoms with van der Waals surface area (Å²) in [5.74, 6) is 0.309. The molecule has 23 heavy (non-hydrogen) atoms. The van der Waals surface area contributed by atoms with Crippen LogP contribution in [0.2, 0.25) is 0 Å². The molecule has 1 aliphatic heterocycles. The molecule has 1 saturated heterocycles. The van der Waals surface area contributed by atoms with E-state index in [2.05, 4.69) is 12.1 Å². The van der Waals surface area contributed by atoms with Gasteiger partial charge in [0, 0.05) is 19.3 Å². The first-order valence-corrected chi connectivity index (χ1v) is 10.2. The first kappa shape index (κ1) is 17.9. The Bertz CT molecular complexity index is 616. The van der Waals surface area contributed by atoms with Crippen LogP contribution in [-0.2, 0) is 14.6 Å². The largest absolute Gasteiger partial charge is 0.341 e. The van der Waals surface area contributed by atoms with Crippen LogP contribution >= 0.6 is 0 Å². The van der Waals surface area contributed by atoms with Crippen molar-refractivity contribution in [2.24, 2.45) is 5.73 Å². The lowest BCUT2D eigenvalue weighted by Crippen LogP contribution is -2.45. The van der Waals surface area contributed by atoms with Crippen molar-refractivity contribution in [2.75, 3.05) is 25.1 Å². The Labute approximate surface area is 138 Å². The van der Waals surface area contributed by atoms with Gasteiger partial charge in [-0.05, 0) is 37.2 Å². The fraction of sp³-hybridized carbons (Fsp3) is 0.588. The minimum atomic E-state index is -3.09. The normalized spacial score (nSPS) is 20.8.